The normalized spacial score (nSPS) is 14.8. The maximum Gasteiger partial charge on any atom is 0.269 e. The summed E-state index contributed by atoms with van der Waals surface area (Å²) >= 11 is 0. The molecule has 0 aliphatic carbocycles. The van der Waals surface area contributed by atoms with Crippen molar-refractivity contribution in [3.63, 3.8) is 0 Å². The van der Waals surface area contributed by atoms with Crippen LogP contribution in [0.3, 0.4) is 0 Å². The zero-order chi connectivity index (χ0) is 12.8. The van der Waals surface area contributed by atoms with Crippen LogP contribution < -0.4 is 11.1 Å². The van der Waals surface area contributed by atoms with Crippen LogP contribution in [-0.2, 0) is 0 Å². The summed E-state index contributed by atoms with van der Waals surface area (Å²) in [6.07, 6.45) is 5.37. The molecule has 0 aromatic carbocycles. The fraction of sp³-hybridized carbons (Fsp3) is 0.538. The van der Waals surface area contributed by atoms with Gasteiger partial charge in [0.05, 0.1) is 11.9 Å². The Labute approximate surface area is 132 Å². The van der Waals surface area contributed by atoms with Crippen molar-refractivity contribution in [1.82, 2.24) is 15.2 Å². The van der Waals surface area contributed by atoms with E-state index in [2.05, 4.69) is 15.2 Å². The van der Waals surface area contributed by atoms with Crippen LogP contribution in [0.1, 0.15) is 29.8 Å². The van der Waals surface area contributed by atoms with Crippen molar-refractivity contribution in [3.05, 3.63) is 24.0 Å². The summed E-state index contributed by atoms with van der Waals surface area (Å²) < 4.78 is 0. The SMILES string of the molecule is Cl.Cl.Nc1ccc(C(=O)NCCN2CCCCC2)nc1. The summed E-state index contributed by atoms with van der Waals surface area (Å²) in [5.41, 5.74) is 6.51. The summed E-state index contributed by atoms with van der Waals surface area (Å²) in [7, 11) is 0. The molecule has 0 spiro atoms. The van der Waals surface area contributed by atoms with E-state index in [4.69, 9.17) is 5.73 Å². The quantitative estimate of drug-likeness (QED) is 0.886. The zero-order valence-electron chi connectivity index (χ0n) is 11.4. The lowest BCUT2D eigenvalue weighted by atomic mass is 10.1. The summed E-state index contributed by atoms with van der Waals surface area (Å²) in [6, 6.07) is 3.33. The molecule has 1 aromatic heterocycles. The lowest BCUT2D eigenvalue weighted by molar-refractivity contribution is 0.0941. The van der Waals surface area contributed by atoms with Gasteiger partial charge >= 0.3 is 0 Å². The highest BCUT2D eigenvalue weighted by Crippen LogP contribution is 2.07. The molecule has 2 rings (SSSR count). The highest BCUT2D eigenvalue weighted by atomic mass is 35.5. The number of hydrogen-bond acceptors (Lipinski definition) is 4. The molecule has 3 N–H and O–H groups in total. The van der Waals surface area contributed by atoms with Gasteiger partial charge in [-0.05, 0) is 38.1 Å². The van der Waals surface area contributed by atoms with Crippen LogP contribution in [0.15, 0.2) is 18.3 Å². The third-order valence-corrected chi connectivity index (χ3v) is 3.18. The summed E-state index contributed by atoms with van der Waals surface area (Å²) in [5.74, 6) is -0.132. The Hall–Kier alpha value is -1.04. The third-order valence-electron chi connectivity index (χ3n) is 3.18. The Morgan fingerprint density at radius 2 is 1.95 bits per heavy atom. The van der Waals surface area contributed by atoms with Crippen LogP contribution in [0.25, 0.3) is 0 Å². The number of nitrogens with one attached hydrogen (secondary N) is 1. The van der Waals surface area contributed by atoms with E-state index < -0.39 is 0 Å². The van der Waals surface area contributed by atoms with Crippen molar-refractivity contribution < 1.29 is 4.79 Å². The number of amides is 1. The fourth-order valence-corrected chi connectivity index (χ4v) is 2.14. The number of carbonyl (C=O) groups excluding carboxylic acids is 1. The predicted molar refractivity (Wildman–Crippen MR) is 85.8 cm³/mol. The number of aromatic nitrogens is 1. The Morgan fingerprint density at radius 3 is 2.55 bits per heavy atom. The second kappa shape index (κ2) is 9.80. The first-order valence-electron chi connectivity index (χ1n) is 6.48. The van der Waals surface area contributed by atoms with E-state index in [0.29, 0.717) is 17.9 Å². The van der Waals surface area contributed by atoms with Gasteiger partial charge in [-0.15, -0.1) is 24.8 Å². The minimum absolute atomic E-state index is 0. The van der Waals surface area contributed by atoms with E-state index >= 15 is 0 Å². The molecule has 0 atom stereocenters. The molecule has 5 nitrogen and oxygen atoms in total. The molecular formula is C13H22Cl2N4O. The first-order chi connectivity index (χ1) is 8.75. The maximum atomic E-state index is 11.8. The van der Waals surface area contributed by atoms with Crippen LogP contribution in [-0.4, -0.2) is 42.0 Å². The average Bonchev–Trinajstić information content (AvgIpc) is 2.40. The molecule has 0 unspecified atom stereocenters. The van der Waals surface area contributed by atoms with Gasteiger partial charge in [-0.3, -0.25) is 4.79 Å². The number of hydrogen-bond donors (Lipinski definition) is 2. The molecule has 0 saturated carbocycles. The van der Waals surface area contributed by atoms with Crippen molar-refractivity contribution in [2.45, 2.75) is 19.3 Å². The Kier molecular flexibility index (Phi) is 9.29. The number of halogens is 2. The molecule has 7 heteroatoms. The molecule has 1 saturated heterocycles. The number of carbonyl (C=O) groups is 1. The highest BCUT2D eigenvalue weighted by molar-refractivity contribution is 5.92. The third kappa shape index (κ3) is 5.94. The van der Waals surface area contributed by atoms with Crippen molar-refractivity contribution in [2.75, 3.05) is 31.9 Å². The topological polar surface area (TPSA) is 71.2 Å². The Morgan fingerprint density at radius 1 is 1.25 bits per heavy atom. The Bertz CT molecular complexity index is 394. The van der Waals surface area contributed by atoms with E-state index in [-0.39, 0.29) is 30.7 Å². The molecule has 114 valence electrons. The monoisotopic (exact) mass is 320 g/mol. The number of pyridine rings is 1. The number of likely N-dealkylation sites (tertiary alicyclic amines) is 1. The zero-order valence-corrected chi connectivity index (χ0v) is 13.0. The molecule has 1 aliphatic heterocycles. The maximum absolute atomic E-state index is 11.8. The van der Waals surface area contributed by atoms with Gasteiger partial charge in [-0.2, -0.15) is 0 Å². The van der Waals surface area contributed by atoms with Gasteiger partial charge in [0.25, 0.3) is 5.91 Å². The smallest absolute Gasteiger partial charge is 0.269 e. The first kappa shape index (κ1) is 19.0. The van der Waals surface area contributed by atoms with Gasteiger partial charge < -0.3 is 16.0 Å². The molecular weight excluding hydrogens is 299 g/mol. The van der Waals surface area contributed by atoms with Crippen molar-refractivity contribution in [2.24, 2.45) is 0 Å². The number of nitrogen functional groups attached to an aromatic ring is 1. The number of nitrogens with two attached hydrogens (primary N) is 1. The number of piperidine rings is 1. The second-order valence-electron chi connectivity index (χ2n) is 4.63. The van der Waals surface area contributed by atoms with E-state index in [1.165, 1.54) is 25.5 Å². The molecule has 1 amide bonds. The van der Waals surface area contributed by atoms with Crippen molar-refractivity contribution in [1.29, 1.82) is 0 Å². The number of rotatable bonds is 4. The van der Waals surface area contributed by atoms with E-state index in [1.807, 2.05) is 0 Å². The minimum atomic E-state index is -0.132. The number of nitrogens with zero attached hydrogens (tertiary/aromatic N) is 2. The predicted octanol–water partition coefficient (Wildman–Crippen LogP) is 1.72. The fourth-order valence-electron chi connectivity index (χ4n) is 2.14. The van der Waals surface area contributed by atoms with Crippen LogP contribution in [0.2, 0.25) is 0 Å². The van der Waals surface area contributed by atoms with Crippen LogP contribution in [0.4, 0.5) is 5.69 Å². The van der Waals surface area contributed by atoms with Crippen LogP contribution >= 0.6 is 24.8 Å². The van der Waals surface area contributed by atoms with Crippen molar-refractivity contribution in [3.8, 4) is 0 Å². The standard InChI is InChI=1S/C13H20N4O.2ClH/c14-11-4-5-12(16-10-11)13(18)15-6-9-17-7-2-1-3-8-17;;/h4-5,10H,1-3,6-9,14H2,(H,15,18);2*1H. The molecule has 1 fully saturated rings. The van der Waals surface area contributed by atoms with E-state index in [1.54, 1.807) is 12.1 Å². The molecule has 0 bridgehead atoms. The lowest BCUT2D eigenvalue weighted by Crippen LogP contribution is -2.37. The van der Waals surface area contributed by atoms with Crippen LogP contribution in [0, 0.1) is 0 Å². The van der Waals surface area contributed by atoms with E-state index in [9.17, 15) is 4.79 Å². The lowest BCUT2D eigenvalue weighted by Gasteiger charge is -2.26. The van der Waals surface area contributed by atoms with Gasteiger partial charge in [-0.1, -0.05) is 6.42 Å². The summed E-state index contributed by atoms with van der Waals surface area (Å²) in [6.45, 7) is 3.89. The average molecular weight is 321 g/mol. The molecule has 20 heavy (non-hydrogen) atoms. The molecule has 2 heterocycles. The largest absolute Gasteiger partial charge is 0.397 e. The van der Waals surface area contributed by atoms with Gasteiger partial charge in [0.15, 0.2) is 0 Å². The van der Waals surface area contributed by atoms with Crippen LogP contribution in [0.5, 0.6) is 0 Å². The number of anilines is 1. The van der Waals surface area contributed by atoms with E-state index in [0.717, 1.165) is 19.6 Å². The van der Waals surface area contributed by atoms with Gasteiger partial charge in [0.1, 0.15) is 5.69 Å². The molecule has 1 aromatic rings. The first-order valence-corrected chi connectivity index (χ1v) is 6.48. The van der Waals surface area contributed by atoms with Crippen molar-refractivity contribution >= 4 is 36.4 Å². The summed E-state index contributed by atoms with van der Waals surface area (Å²) in [5, 5.41) is 2.88. The van der Waals surface area contributed by atoms with Gasteiger partial charge in [0, 0.05) is 13.1 Å². The van der Waals surface area contributed by atoms with Gasteiger partial charge in [-0.25, -0.2) is 4.98 Å². The Balaban J connectivity index is 0.00000180. The molecule has 1 aliphatic rings. The second-order valence-corrected chi connectivity index (χ2v) is 4.63. The minimum Gasteiger partial charge on any atom is -0.397 e. The summed E-state index contributed by atoms with van der Waals surface area (Å²) in [4.78, 5) is 18.1. The molecule has 0 radical (unpaired) electrons. The van der Waals surface area contributed by atoms with Gasteiger partial charge in [0.2, 0.25) is 0 Å². The highest BCUT2D eigenvalue weighted by Gasteiger charge is 2.10.